The molecule has 0 amide bonds. The lowest BCUT2D eigenvalue weighted by Gasteiger charge is -2.23. The van der Waals surface area contributed by atoms with Crippen molar-refractivity contribution in [3.63, 3.8) is 0 Å². The molecule has 2 nitrogen and oxygen atoms in total. The first-order valence-corrected chi connectivity index (χ1v) is 15.2. The summed E-state index contributed by atoms with van der Waals surface area (Å²) in [5.74, 6) is 0. The van der Waals surface area contributed by atoms with Gasteiger partial charge in [-0.25, -0.2) is 0 Å². The van der Waals surface area contributed by atoms with Gasteiger partial charge >= 0.3 is 14.5 Å². The summed E-state index contributed by atoms with van der Waals surface area (Å²) < 4.78 is 12.7. The maximum Gasteiger partial charge on any atom is 0.462 e. The Labute approximate surface area is 183 Å². The van der Waals surface area contributed by atoms with Crippen LogP contribution in [0, 0.1) is 0 Å². The second kappa shape index (κ2) is 23.7. The largest absolute Gasteiger partial charge is 0.478 e. The van der Waals surface area contributed by atoms with Gasteiger partial charge in [-0.1, -0.05) is 135 Å². The summed E-state index contributed by atoms with van der Waals surface area (Å²) in [7, 11) is 0. The predicted molar refractivity (Wildman–Crippen MR) is 127 cm³/mol. The van der Waals surface area contributed by atoms with Crippen molar-refractivity contribution in [2.24, 2.45) is 0 Å². The van der Waals surface area contributed by atoms with Crippen LogP contribution in [0.2, 0.25) is 10.6 Å². The van der Waals surface area contributed by atoms with Gasteiger partial charge in [0.2, 0.25) is 0 Å². The van der Waals surface area contributed by atoms with Crippen LogP contribution in [0.3, 0.4) is 0 Å². The van der Waals surface area contributed by atoms with Gasteiger partial charge in [-0.3, -0.25) is 0 Å². The van der Waals surface area contributed by atoms with Gasteiger partial charge in [-0.15, -0.1) is 0 Å². The highest BCUT2D eigenvalue weighted by Gasteiger charge is 2.23. The van der Waals surface area contributed by atoms with E-state index >= 15 is 0 Å². The molecule has 0 saturated heterocycles. The lowest BCUT2D eigenvalue weighted by atomic mass is 10.1. The van der Waals surface area contributed by atoms with E-state index in [0.717, 1.165) is 13.0 Å². The standard InChI is InChI=1S/C9H19O2.2C8H17.Al/c1-3-5-6-7-8-11-9(10)4-2;2*1-3-5-7-8-6-4-2;/h9H,3-8H2,1-2H3;2*1,3-8H2,2H3;/q-1;;;+1. The molecule has 28 heavy (non-hydrogen) atoms. The van der Waals surface area contributed by atoms with Crippen molar-refractivity contribution in [1.82, 2.24) is 0 Å². The molecule has 3 heteroatoms. The molecule has 0 heterocycles. The predicted octanol–water partition coefficient (Wildman–Crippen LogP) is 9.05. The van der Waals surface area contributed by atoms with E-state index in [2.05, 4.69) is 27.7 Å². The Balaban J connectivity index is 4.14. The Kier molecular flexibility index (Phi) is 24.1. The van der Waals surface area contributed by atoms with Crippen LogP contribution in [0.15, 0.2) is 0 Å². The van der Waals surface area contributed by atoms with Crippen LogP contribution in [0.25, 0.3) is 0 Å². The summed E-state index contributed by atoms with van der Waals surface area (Å²) >= 11 is -1.12. The topological polar surface area (TPSA) is 18.5 Å². The molecule has 0 aromatic carbocycles. The van der Waals surface area contributed by atoms with Crippen molar-refractivity contribution in [2.75, 3.05) is 6.61 Å². The second-order valence-electron chi connectivity index (χ2n) is 8.64. The molecule has 0 aliphatic carbocycles. The third-order valence-corrected chi connectivity index (χ3v) is 8.53. The minimum Gasteiger partial charge on any atom is -0.478 e. The molecular weight excluding hydrogens is 359 g/mol. The van der Waals surface area contributed by atoms with Crippen molar-refractivity contribution in [3.8, 4) is 0 Å². The van der Waals surface area contributed by atoms with E-state index in [9.17, 15) is 0 Å². The Morgan fingerprint density at radius 1 is 0.536 bits per heavy atom. The minimum atomic E-state index is -1.12. The summed E-state index contributed by atoms with van der Waals surface area (Å²) in [6, 6.07) is 0. The van der Waals surface area contributed by atoms with Gasteiger partial charge < -0.3 is 8.53 Å². The Morgan fingerprint density at radius 3 is 1.43 bits per heavy atom. The first kappa shape index (κ1) is 28.5. The maximum atomic E-state index is 6.58. The van der Waals surface area contributed by atoms with E-state index < -0.39 is 14.5 Å². The average Bonchev–Trinajstić information content (AvgIpc) is 2.71. The summed E-state index contributed by atoms with van der Waals surface area (Å²) in [5.41, 5.74) is 0. The van der Waals surface area contributed by atoms with E-state index in [-0.39, 0.29) is 6.29 Å². The number of hydrogen-bond donors (Lipinski definition) is 0. The zero-order chi connectivity index (χ0) is 20.7. The highest BCUT2D eigenvalue weighted by molar-refractivity contribution is 6.51. The average molecular weight is 413 g/mol. The third kappa shape index (κ3) is 19.8. The van der Waals surface area contributed by atoms with Crippen LogP contribution in [0.4, 0.5) is 0 Å². The van der Waals surface area contributed by atoms with E-state index in [1.165, 1.54) is 113 Å². The maximum absolute atomic E-state index is 6.58. The summed E-state index contributed by atoms with van der Waals surface area (Å²) in [6.45, 7) is 9.96. The molecule has 0 aliphatic rings. The van der Waals surface area contributed by atoms with E-state index in [1.54, 1.807) is 0 Å². The van der Waals surface area contributed by atoms with Crippen molar-refractivity contribution in [1.29, 1.82) is 0 Å². The van der Waals surface area contributed by atoms with Gasteiger partial charge in [0.15, 0.2) is 0 Å². The van der Waals surface area contributed by atoms with Crippen molar-refractivity contribution < 1.29 is 8.53 Å². The molecule has 0 fully saturated rings. The molecule has 0 aromatic heterocycles. The molecule has 0 aromatic rings. The zero-order valence-electron chi connectivity index (χ0n) is 20.1. The molecule has 168 valence electrons. The Hall–Kier alpha value is 0.452. The van der Waals surface area contributed by atoms with Crippen LogP contribution >= 0.6 is 0 Å². The van der Waals surface area contributed by atoms with E-state index in [1.807, 2.05) is 0 Å². The molecule has 1 unspecified atom stereocenters. The number of hydrogen-bond acceptors (Lipinski definition) is 2. The van der Waals surface area contributed by atoms with E-state index in [4.69, 9.17) is 8.53 Å². The molecule has 0 radical (unpaired) electrons. The van der Waals surface area contributed by atoms with Crippen LogP contribution in [-0.4, -0.2) is 27.4 Å². The third-order valence-electron chi connectivity index (χ3n) is 5.74. The van der Waals surface area contributed by atoms with E-state index in [0.29, 0.717) is 0 Å². The van der Waals surface area contributed by atoms with Gasteiger partial charge in [0.25, 0.3) is 0 Å². The van der Waals surface area contributed by atoms with Gasteiger partial charge in [-0.2, -0.15) is 0 Å². The monoisotopic (exact) mass is 412 g/mol. The summed E-state index contributed by atoms with van der Waals surface area (Å²) in [5, 5.41) is 2.72. The van der Waals surface area contributed by atoms with Crippen LogP contribution in [0.5, 0.6) is 0 Å². The highest BCUT2D eigenvalue weighted by Crippen LogP contribution is 2.18. The lowest BCUT2D eigenvalue weighted by Crippen LogP contribution is -2.28. The fourth-order valence-electron chi connectivity index (χ4n) is 3.80. The highest BCUT2D eigenvalue weighted by atomic mass is 27.2. The first-order chi connectivity index (χ1) is 13.8. The number of unbranched alkanes of at least 4 members (excludes halogenated alkanes) is 13. The molecule has 0 saturated carbocycles. The normalized spacial score (nSPS) is 12.4. The number of ether oxygens (including phenoxy) is 1. The van der Waals surface area contributed by atoms with Gasteiger partial charge in [0, 0.05) is 6.61 Å². The molecule has 0 bridgehead atoms. The molecule has 0 spiro atoms. The summed E-state index contributed by atoms with van der Waals surface area (Å²) in [4.78, 5) is 0. The molecular formula is C25H53AlO2. The zero-order valence-corrected chi connectivity index (χ0v) is 21.3. The minimum absolute atomic E-state index is 0.0680. The fraction of sp³-hybridized carbons (Fsp3) is 1.00. The molecule has 1 atom stereocenters. The van der Waals surface area contributed by atoms with Gasteiger partial charge in [-0.05, 0) is 12.8 Å². The summed E-state index contributed by atoms with van der Waals surface area (Å²) in [6.07, 6.45) is 22.9. The first-order valence-electron chi connectivity index (χ1n) is 13.0. The van der Waals surface area contributed by atoms with Gasteiger partial charge in [0.1, 0.15) is 6.29 Å². The van der Waals surface area contributed by atoms with Gasteiger partial charge in [0.05, 0.1) is 0 Å². The van der Waals surface area contributed by atoms with Crippen molar-refractivity contribution >= 4 is 14.5 Å². The van der Waals surface area contributed by atoms with Crippen molar-refractivity contribution in [3.05, 3.63) is 0 Å². The molecule has 0 rings (SSSR count). The van der Waals surface area contributed by atoms with Crippen LogP contribution < -0.4 is 0 Å². The quantitative estimate of drug-likeness (QED) is 0.0946. The lowest BCUT2D eigenvalue weighted by molar-refractivity contribution is -0.0858. The van der Waals surface area contributed by atoms with Crippen molar-refractivity contribution in [2.45, 2.75) is 154 Å². The van der Waals surface area contributed by atoms with Crippen LogP contribution in [-0.2, 0) is 8.53 Å². The fourth-order valence-corrected chi connectivity index (χ4v) is 6.55. The SMILES string of the molecule is CCCCCCC[CH2][Al]([CH2]CCCCCCC)[O]C(CC)OCCCCCC. The molecule has 0 N–H and O–H groups in total. The number of rotatable bonds is 23. The Bertz CT molecular complexity index is 270. The Morgan fingerprint density at radius 2 is 0.964 bits per heavy atom. The molecule has 0 aliphatic heterocycles. The van der Waals surface area contributed by atoms with Crippen LogP contribution in [0.1, 0.15) is 137 Å². The second-order valence-corrected chi connectivity index (χ2v) is 11.3. The smallest absolute Gasteiger partial charge is 0.462 e.